The minimum absolute atomic E-state index is 0.0130. The summed E-state index contributed by atoms with van der Waals surface area (Å²) in [5.74, 6) is -0.0107. The number of hydrogen-bond donors (Lipinski definition) is 1. The number of hydrogen-bond acceptors (Lipinski definition) is 5. The quantitative estimate of drug-likeness (QED) is 0.718. The third-order valence-corrected chi connectivity index (χ3v) is 3.04. The maximum absolute atomic E-state index is 11.4. The molecule has 1 aliphatic rings. The molecule has 3 atom stereocenters. The Kier molecular flexibility index (Phi) is 5.41. The van der Waals surface area contributed by atoms with E-state index in [4.69, 9.17) is 9.57 Å². The van der Waals surface area contributed by atoms with E-state index in [1.807, 2.05) is 0 Å². The standard InChI is InChI=1S/C12H21NO4/c1-4-8(3)6-7-9-11(14)10(13-17-9)12(15)16-5-2/h8-9,11,14H,4-7H2,1-3H3/t8-,9-,11-/m0/s1. The summed E-state index contributed by atoms with van der Waals surface area (Å²) in [6.07, 6.45) is 1.36. The van der Waals surface area contributed by atoms with E-state index in [0.717, 1.165) is 12.8 Å². The lowest BCUT2D eigenvalue weighted by atomic mass is 9.97. The molecule has 1 aliphatic heterocycles. The number of ether oxygens (including phenoxy) is 1. The van der Waals surface area contributed by atoms with Crippen molar-refractivity contribution in [2.75, 3.05) is 6.61 Å². The van der Waals surface area contributed by atoms with Gasteiger partial charge in [0, 0.05) is 0 Å². The van der Waals surface area contributed by atoms with Crippen molar-refractivity contribution < 1.29 is 19.5 Å². The molecule has 5 nitrogen and oxygen atoms in total. The van der Waals surface area contributed by atoms with Crippen LogP contribution < -0.4 is 0 Å². The van der Waals surface area contributed by atoms with Crippen molar-refractivity contribution in [3.63, 3.8) is 0 Å². The maximum atomic E-state index is 11.4. The monoisotopic (exact) mass is 243 g/mol. The van der Waals surface area contributed by atoms with Gasteiger partial charge in [-0.25, -0.2) is 4.79 Å². The van der Waals surface area contributed by atoms with Crippen molar-refractivity contribution in [3.05, 3.63) is 0 Å². The van der Waals surface area contributed by atoms with E-state index in [-0.39, 0.29) is 12.3 Å². The summed E-state index contributed by atoms with van der Waals surface area (Å²) in [5, 5.41) is 13.5. The molecule has 0 saturated heterocycles. The molecule has 0 unspecified atom stereocenters. The summed E-state index contributed by atoms with van der Waals surface area (Å²) in [7, 11) is 0. The van der Waals surface area contributed by atoms with Crippen molar-refractivity contribution in [1.82, 2.24) is 0 Å². The van der Waals surface area contributed by atoms with Crippen LogP contribution >= 0.6 is 0 Å². The third-order valence-electron chi connectivity index (χ3n) is 3.04. The molecule has 5 heteroatoms. The molecule has 1 heterocycles. The maximum Gasteiger partial charge on any atom is 0.359 e. The zero-order chi connectivity index (χ0) is 12.8. The van der Waals surface area contributed by atoms with Crippen LogP contribution in [0.2, 0.25) is 0 Å². The van der Waals surface area contributed by atoms with Gasteiger partial charge in [-0.2, -0.15) is 0 Å². The Morgan fingerprint density at radius 1 is 1.59 bits per heavy atom. The van der Waals surface area contributed by atoms with E-state index >= 15 is 0 Å². The highest BCUT2D eigenvalue weighted by atomic mass is 16.7. The molecule has 0 aromatic heterocycles. The van der Waals surface area contributed by atoms with Crippen LogP contribution in [0.4, 0.5) is 0 Å². The average Bonchev–Trinajstić information content (AvgIpc) is 2.68. The topological polar surface area (TPSA) is 68.1 Å². The van der Waals surface area contributed by atoms with Gasteiger partial charge in [0.1, 0.15) is 6.10 Å². The second-order valence-corrected chi connectivity index (χ2v) is 4.38. The Morgan fingerprint density at radius 2 is 2.29 bits per heavy atom. The molecule has 0 aromatic rings. The van der Waals surface area contributed by atoms with Gasteiger partial charge in [-0.15, -0.1) is 0 Å². The lowest BCUT2D eigenvalue weighted by molar-refractivity contribution is -0.135. The van der Waals surface area contributed by atoms with Gasteiger partial charge in [0.05, 0.1) is 6.61 Å². The van der Waals surface area contributed by atoms with Crippen LogP contribution in [0.5, 0.6) is 0 Å². The lowest BCUT2D eigenvalue weighted by Crippen LogP contribution is -2.34. The lowest BCUT2D eigenvalue weighted by Gasteiger charge is -2.15. The van der Waals surface area contributed by atoms with Crippen molar-refractivity contribution >= 4 is 11.7 Å². The van der Waals surface area contributed by atoms with Gasteiger partial charge in [-0.1, -0.05) is 25.4 Å². The Morgan fingerprint density at radius 3 is 2.88 bits per heavy atom. The molecule has 98 valence electrons. The number of aliphatic hydroxyl groups excluding tert-OH is 1. The number of nitrogens with zero attached hydrogens (tertiary/aromatic N) is 1. The van der Waals surface area contributed by atoms with Crippen LogP contribution in [0.15, 0.2) is 5.16 Å². The molecule has 0 spiro atoms. The Balaban J connectivity index is 2.42. The molecule has 0 fully saturated rings. The highest BCUT2D eigenvalue weighted by molar-refractivity contribution is 6.38. The van der Waals surface area contributed by atoms with E-state index in [0.29, 0.717) is 12.3 Å². The van der Waals surface area contributed by atoms with Crippen LogP contribution in [0.25, 0.3) is 0 Å². The number of esters is 1. The third kappa shape index (κ3) is 3.70. The van der Waals surface area contributed by atoms with E-state index < -0.39 is 18.2 Å². The molecule has 0 saturated carbocycles. The summed E-state index contributed by atoms with van der Waals surface area (Å²) in [6.45, 7) is 6.24. The highest BCUT2D eigenvalue weighted by Gasteiger charge is 2.37. The van der Waals surface area contributed by atoms with E-state index in [2.05, 4.69) is 19.0 Å². The van der Waals surface area contributed by atoms with Crippen molar-refractivity contribution in [2.45, 2.75) is 52.2 Å². The second kappa shape index (κ2) is 6.59. The summed E-state index contributed by atoms with van der Waals surface area (Å²) in [4.78, 5) is 16.5. The number of carbonyl (C=O) groups is 1. The smallest absolute Gasteiger partial charge is 0.359 e. The number of rotatable bonds is 6. The average molecular weight is 243 g/mol. The predicted molar refractivity (Wildman–Crippen MR) is 63.6 cm³/mol. The largest absolute Gasteiger partial charge is 0.461 e. The number of aliphatic hydroxyl groups is 1. The van der Waals surface area contributed by atoms with Crippen LogP contribution in [-0.2, 0) is 14.4 Å². The van der Waals surface area contributed by atoms with Gasteiger partial charge in [0.15, 0.2) is 11.8 Å². The zero-order valence-electron chi connectivity index (χ0n) is 10.7. The molecule has 0 bridgehead atoms. The van der Waals surface area contributed by atoms with Gasteiger partial charge in [-0.05, 0) is 25.7 Å². The first-order valence-electron chi connectivity index (χ1n) is 6.19. The molecular weight excluding hydrogens is 222 g/mol. The Labute approximate surface area is 102 Å². The van der Waals surface area contributed by atoms with Gasteiger partial charge in [0.2, 0.25) is 0 Å². The minimum atomic E-state index is -0.960. The summed E-state index contributed by atoms with van der Waals surface area (Å²) in [5.41, 5.74) is -0.0130. The molecule has 17 heavy (non-hydrogen) atoms. The molecule has 0 radical (unpaired) electrons. The van der Waals surface area contributed by atoms with E-state index in [9.17, 15) is 9.90 Å². The van der Waals surface area contributed by atoms with Gasteiger partial charge in [0.25, 0.3) is 0 Å². The summed E-state index contributed by atoms with van der Waals surface area (Å²) >= 11 is 0. The summed E-state index contributed by atoms with van der Waals surface area (Å²) < 4.78 is 4.78. The first-order valence-corrected chi connectivity index (χ1v) is 6.19. The second-order valence-electron chi connectivity index (χ2n) is 4.38. The number of carbonyl (C=O) groups excluding carboxylic acids is 1. The normalized spacial score (nSPS) is 25.1. The van der Waals surface area contributed by atoms with E-state index in [1.165, 1.54) is 0 Å². The highest BCUT2D eigenvalue weighted by Crippen LogP contribution is 2.20. The fraction of sp³-hybridized carbons (Fsp3) is 0.833. The Bertz CT molecular complexity index is 290. The molecule has 1 N–H and O–H groups in total. The minimum Gasteiger partial charge on any atom is -0.461 e. The molecule has 0 aliphatic carbocycles. The number of oxime groups is 1. The Hall–Kier alpha value is -1.10. The van der Waals surface area contributed by atoms with E-state index in [1.54, 1.807) is 6.92 Å². The first kappa shape index (κ1) is 14.0. The summed E-state index contributed by atoms with van der Waals surface area (Å²) in [6, 6.07) is 0. The fourth-order valence-corrected chi connectivity index (χ4v) is 1.64. The fourth-order valence-electron chi connectivity index (χ4n) is 1.64. The van der Waals surface area contributed by atoms with Crippen molar-refractivity contribution in [1.29, 1.82) is 0 Å². The van der Waals surface area contributed by atoms with Crippen LogP contribution in [0, 0.1) is 5.92 Å². The van der Waals surface area contributed by atoms with Crippen molar-refractivity contribution in [2.24, 2.45) is 11.1 Å². The van der Waals surface area contributed by atoms with Crippen LogP contribution in [-0.4, -0.2) is 35.6 Å². The molecule has 1 rings (SSSR count). The SMILES string of the molecule is CCOC(=O)C1=NO[C@@H](CC[C@@H](C)CC)[C@@H]1O. The van der Waals surface area contributed by atoms with Gasteiger partial charge >= 0.3 is 5.97 Å². The molecular formula is C12H21NO4. The zero-order valence-corrected chi connectivity index (χ0v) is 10.7. The van der Waals surface area contributed by atoms with Crippen LogP contribution in [0.1, 0.15) is 40.0 Å². The molecule has 0 aromatic carbocycles. The van der Waals surface area contributed by atoms with Crippen molar-refractivity contribution in [3.8, 4) is 0 Å². The van der Waals surface area contributed by atoms with Gasteiger partial charge < -0.3 is 14.7 Å². The molecule has 0 amide bonds. The van der Waals surface area contributed by atoms with Crippen LogP contribution in [0.3, 0.4) is 0 Å². The van der Waals surface area contributed by atoms with Gasteiger partial charge in [-0.3, -0.25) is 0 Å². The predicted octanol–water partition coefficient (Wildman–Crippen LogP) is 1.49. The first-order chi connectivity index (χ1) is 8.10.